The molecule has 4 heteroatoms. The Bertz CT molecular complexity index is 303. The molecule has 96 valence electrons. The van der Waals surface area contributed by atoms with Crippen molar-refractivity contribution in [1.29, 1.82) is 0 Å². The van der Waals surface area contributed by atoms with Crippen LogP contribution in [0.15, 0.2) is 28.7 Å². The average molecular weight is 301 g/mol. The summed E-state index contributed by atoms with van der Waals surface area (Å²) in [6.45, 7) is 4.74. The minimum atomic E-state index is 0.795. The number of benzene rings is 1. The molecule has 0 amide bonds. The second-order valence-corrected chi connectivity index (χ2v) is 5.01. The first-order valence-electron chi connectivity index (χ1n) is 5.85. The summed E-state index contributed by atoms with van der Waals surface area (Å²) < 4.78 is 6.16. The van der Waals surface area contributed by atoms with Crippen molar-refractivity contribution in [3.8, 4) is 0 Å². The van der Waals surface area contributed by atoms with Crippen LogP contribution >= 0.6 is 15.9 Å². The summed E-state index contributed by atoms with van der Waals surface area (Å²) >= 11 is 3.43. The molecule has 0 aromatic heterocycles. The van der Waals surface area contributed by atoms with E-state index in [2.05, 4.69) is 57.5 Å². The Balaban J connectivity index is 2.09. The van der Waals surface area contributed by atoms with E-state index in [1.54, 1.807) is 7.11 Å². The highest BCUT2D eigenvalue weighted by Gasteiger charge is 1.97. The van der Waals surface area contributed by atoms with Gasteiger partial charge in [0.2, 0.25) is 0 Å². The van der Waals surface area contributed by atoms with Crippen molar-refractivity contribution in [3.05, 3.63) is 34.3 Å². The zero-order valence-electron chi connectivity index (χ0n) is 10.6. The molecular formula is C13H21BrN2O. The molecule has 0 unspecified atom stereocenters. The van der Waals surface area contributed by atoms with Crippen molar-refractivity contribution in [2.75, 3.05) is 40.4 Å². The lowest BCUT2D eigenvalue weighted by Gasteiger charge is -2.16. The standard InChI is InChI=1S/C13H21BrN2O/c1-16(9-10-17-2)8-7-15-11-12-3-5-13(14)6-4-12/h3-6,15H,7-11H2,1-2H3. The van der Waals surface area contributed by atoms with Crippen LogP contribution in [0.25, 0.3) is 0 Å². The van der Waals surface area contributed by atoms with Gasteiger partial charge in [0, 0.05) is 37.8 Å². The molecule has 0 aliphatic rings. The molecule has 1 N–H and O–H groups in total. The second-order valence-electron chi connectivity index (χ2n) is 4.10. The van der Waals surface area contributed by atoms with E-state index in [0.717, 1.165) is 37.3 Å². The van der Waals surface area contributed by atoms with Crippen LogP contribution in [-0.2, 0) is 11.3 Å². The van der Waals surface area contributed by atoms with Gasteiger partial charge >= 0.3 is 0 Å². The van der Waals surface area contributed by atoms with Gasteiger partial charge in [-0.05, 0) is 24.7 Å². The first-order valence-corrected chi connectivity index (χ1v) is 6.64. The average Bonchev–Trinajstić information content (AvgIpc) is 2.34. The maximum atomic E-state index is 5.03. The van der Waals surface area contributed by atoms with Crippen molar-refractivity contribution in [1.82, 2.24) is 10.2 Å². The largest absolute Gasteiger partial charge is 0.383 e. The summed E-state index contributed by atoms with van der Waals surface area (Å²) in [4.78, 5) is 2.26. The normalized spacial score (nSPS) is 11.1. The van der Waals surface area contributed by atoms with Crippen LogP contribution in [0.2, 0.25) is 0 Å². The van der Waals surface area contributed by atoms with Gasteiger partial charge in [-0.2, -0.15) is 0 Å². The minimum absolute atomic E-state index is 0.795. The monoisotopic (exact) mass is 300 g/mol. The number of hydrogen-bond acceptors (Lipinski definition) is 3. The predicted molar refractivity (Wildman–Crippen MR) is 75.2 cm³/mol. The number of rotatable bonds is 8. The van der Waals surface area contributed by atoms with Crippen molar-refractivity contribution >= 4 is 15.9 Å². The topological polar surface area (TPSA) is 24.5 Å². The third-order valence-corrected chi connectivity index (χ3v) is 3.12. The lowest BCUT2D eigenvalue weighted by Crippen LogP contribution is -2.31. The minimum Gasteiger partial charge on any atom is -0.383 e. The molecular weight excluding hydrogens is 280 g/mol. The second kappa shape index (κ2) is 8.64. The summed E-state index contributed by atoms with van der Waals surface area (Å²) in [7, 11) is 3.85. The highest BCUT2D eigenvalue weighted by molar-refractivity contribution is 9.10. The smallest absolute Gasteiger partial charge is 0.0589 e. The number of hydrogen-bond donors (Lipinski definition) is 1. The van der Waals surface area contributed by atoms with Gasteiger partial charge in [-0.1, -0.05) is 28.1 Å². The van der Waals surface area contributed by atoms with Gasteiger partial charge in [-0.15, -0.1) is 0 Å². The van der Waals surface area contributed by atoms with Gasteiger partial charge in [-0.25, -0.2) is 0 Å². The Morgan fingerprint density at radius 3 is 2.59 bits per heavy atom. The summed E-state index contributed by atoms with van der Waals surface area (Å²) in [5, 5.41) is 3.43. The number of halogens is 1. The lowest BCUT2D eigenvalue weighted by molar-refractivity contribution is 0.161. The van der Waals surface area contributed by atoms with Crippen molar-refractivity contribution in [2.24, 2.45) is 0 Å². The molecule has 0 atom stereocenters. The molecule has 1 aromatic rings. The van der Waals surface area contributed by atoms with Gasteiger partial charge in [0.15, 0.2) is 0 Å². The van der Waals surface area contributed by atoms with Crippen LogP contribution in [0.1, 0.15) is 5.56 Å². The molecule has 1 rings (SSSR count). The molecule has 0 heterocycles. The van der Waals surface area contributed by atoms with Gasteiger partial charge in [-0.3, -0.25) is 0 Å². The van der Waals surface area contributed by atoms with Crippen molar-refractivity contribution < 1.29 is 4.74 Å². The number of nitrogens with one attached hydrogen (secondary N) is 1. The first-order chi connectivity index (χ1) is 8.22. The molecule has 0 saturated heterocycles. The Morgan fingerprint density at radius 2 is 1.94 bits per heavy atom. The van der Waals surface area contributed by atoms with E-state index in [9.17, 15) is 0 Å². The summed E-state index contributed by atoms with van der Waals surface area (Å²) in [5.74, 6) is 0. The molecule has 0 aliphatic carbocycles. The first kappa shape index (κ1) is 14.6. The Hall–Kier alpha value is -0.420. The van der Waals surface area contributed by atoms with Crippen LogP contribution in [0, 0.1) is 0 Å². The van der Waals surface area contributed by atoms with Crippen LogP contribution < -0.4 is 5.32 Å². The highest BCUT2D eigenvalue weighted by atomic mass is 79.9. The number of methoxy groups -OCH3 is 1. The molecule has 17 heavy (non-hydrogen) atoms. The number of ether oxygens (including phenoxy) is 1. The summed E-state index contributed by atoms with van der Waals surface area (Å²) in [5.41, 5.74) is 1.31. The van der Waals surface area contributed by atoms with Gasteiger partial charge in [0.25, 0.3) is 0 Å². The zero-order chi connectivity index (χ0) is 12.5. The maximum Gasteiger partial charge on any atom is 0.0589 e. The van der Waals surface area contributed by atoms with Gasteiger partial charge in [0.1, 0.15) is 0 Å². The van der Waals surface area contributed by atoms with Crippen molar-refractivity contribution in [3.63, 3.8) is 0 Å². The van der Waals surface area contributed by atoms with Gasteiger partial charge in [0.05, 0.1) is 6.61 Å². The van der Waals surface area contributed by atoms with E-state index in [0.29, 0.717) is 0 Å². The van der Waals surface area contributed by atoms with Crippen LogP contribution in [0.5, 0.6) is 0 Å². The molecule has 0 saturated carbocycles. The number of likely N-dealkylation sites (N-methyl/N-ethyl adjacent to an activating group) is 1. The van der Waals surface area contributed by atoms with E-state index >= 15 is 0 Å². The third-order valence-electron chi connectivity index (χ3n) is 2.59. The van der Waals surface area contributed by atoms with Crippen LogP contribution in [-0.4, -0.2) is 45.3 Å². The molecule has 3 nitrogen and oxygen atoms in total. The van der Waals surface area contributed by atoms with Crippen LogP contribution in [0.4, 0.5) is 0 Å². The maximum absolute atomic E-state index is 5.03. The fourth-order valence-corrected chi connectivity index (χ4v) is 1.73. The van der Waals surface area contributed by atoms with Crippen LogP contribution in [0.3, 0.4) is 0 Å². The molecule has 0 radical (unpaired) electrons. The molecule has 0 fully saturated rings. The fourth-order valence-electron chi connectivity index (χ4n) is 1.46. The Morgan fingerprint density at radius 1 is 1.24 bits per heavy atom. The lowest BCUT2D eigenvalue weighted by atomic mass is 10.2. The molecule has 0 aliphatic heterocycles. The SMILES string of the molecule is COCCN(C)CCNCc1ccc(Br)cc1. The molecule has 1 aromatic carbocycles. The highest BCUT2D eigenvalue weighted by Crippen LogP contribution is 2.09. The number of nitrogens with zero attached hydrogens (tertiary/aromatic N) is 1. The Kier molecular flexibility index (Phi) is 7.44. The summed E-state index contributed by atoms with van der Waals surface area (Å²) in [6, 6.07) is 8.40. The fraction of sp³-hybridized carbons (Fsp3) is 0.538. The Labute approximate surface area is 112 Å². The summed E-state index contributed by atoms with van der Waals surface area (Å²) in [6.07, 6.45) is 0. The van der Waals surface area contributed by atoms with E-state index < -0.39 is 0 Å². The van der Waals surface area contributed by atoms with Gasteiger partial charge < -0.3 is 15.0 Å². The molecule has 0 spiro atoms. The zero-order valence-corrected chi connectivity index (χ0v) is 12.2. The van der Waals surface area contributed by atoms with E-state index in [1.165, 1.54) is 5.56 Å². The third kappa shape index (κ3) is 6.78. The van der Waals surface area contributed by atoms with E-state index in [-0.39, 0.29) is 0 Å². The predicted octanol–water partition coefficient (Wildman–Crippen LogP) is 2.12. The quantitative estimate of drug-likeness (QED) is 0.744. The van der Waals surface area contributed by atoms with Crippen molar-refractivity contribution in [2.45, 2.75) is 6.54 Å². The van der Waals surface area contributed by atoms with E-state index in [1.807, 2.05) is 0 Å². The van der Waals surface area contributed by atoms with E-state index in [4.69, 9.17) is 4.74 Å². The molecule has 0 bridgehead atoms.